The van der Waals surface area contributed by atoms with Gasteiger partial charge in [0, 0.05) is 66.8 Å². The largest absolute Gasteiger partial charge is 0.508 e. The van der Waals surface area contributed by atoms with E-state index in [1.165, 1.54) is 38.5 Å². The first kappa shape index (κ1) is 113. The van der Waals surface area contributed by atoms with Crippen LogP contribution in [0.5, 0.6) is 69.0 Å². The molecular formula is C126H198O12. The van der Waals surface area contributed by atoms with Crippen LogP contribution in [0.1, 0.15) is 500 Å². The van der Waals surface area contributed by atoms with Crippen molar-refractivity contribution in [1.82, 2.24) is 0 Å². The fourth-order valence-corrected chi connectivity index (χ4v) is 28.0. The highest BCUT2D eigenvalue weighted by Crippen LogP contribution is 2.64. The van der Waals surface area contributed by atoms with E-state index in [2.05, 4.69) is 166 Å². The molecule has 0 bridgehead atoms. The average Bonchev–Trinajstić information content (AvgIpc) is 0.743. The molecule has 0 amide bonds. The molecule has 0 radical (unpaired) electrons. The lowest BCUT2D eigenvalue weighted by Crippen LogP contribution is -2.26. The van der Waals surface area contributed by atoms with Crippen LogP contribution in [0, 0.1) is 107 Å². The number of hydrogen-bond acceptors (Lipinski definition) is 12. The second-order valence-corrected chi connectivity index (χ2v) is 48.5. The third kappa shape index (κ3) is 26.7. The fourth-order valence-electron chi connectivity index (χ4n) is 28.0. The third-order valence-corrected chi connectivity index (χ3v) is 35.8. The molecule has 6 fully saturated rings. The van der Waals surface area contributed by atoms with E-state index in [0.29, 0.717) is 173 Å². The van der Waals surface area contributed by atoms with E-state index < -0.39 is 0 Å². The van der Waals surface area contributed by atoms with Crippen LogP contribution in [0.3, 0.4) is 0 Å². The van der Waals surface area contributed by atoms with E-state index in [9.17, 15) is 61.3 Å². The fraction of sp³-hybridized carbons (Fsp3) is 0.714. The van der Waals surface area contributed by atoms with Gasteiger partial charge in [-0.2, -0.15) is 0 Å². The lowest BCUT2D eigenvalue weighted by Gasteiger charge is -2.39. The normalized spacial score (nSPS) is 25.4. The van der Waals surface area contributed by atoms with E-state index in [1.807, 2.05) is 36.4 Å². The van der Waals surface area contributed by atoms with Gasteiger partial charge in [0.25, 0.3) is 0 Å². The number of unbranched alkanes of at least 4 members (excludes halogenated alkanes) is 12. The van der Waals surface area contributed by atoms with E-state index >= 15 is 0 Å². The molecule has 0 unspecified atom stereocenters. The lowest BCUT2D eigenvalue weighted by molar-refractivity contribution is 0.191. The van der Waals surface area contributed by atoms with Crippen molar-refractivity contribution in [3.05, 3.63) is 103 Å². The van der Waals surface area contributed by atoms with Gasteiger partial charge < -0.3 is 61.3 Å². The molecule has 12 heteroatoms. The van der Waals surface area contributed by atoms with Crippen molar-refractivity contribution >= 4 is 0 Å². The monoisotopic (exact) mass is 1900 g/mol. The molecule has 6 saturated carbocycles. The summed E-state index contributed by atoms with van der Waals surface area (Å²) >= 11 is 0. The zero-order valence-electron chi connectivity index (χ0n) is 91.4. The zero-order chi connectivity index (χ0) is 101. The van der Waals surface area contributed by atoms with Gasteiger partial charge >= 0.3 is 0 Å². The molecule has 0 aliphatic heterocycles. The van der Waals surface area contributed by atoms with E-state index in [4.69, 9.17) is 0 Å². The first-order chi connectivity index (χ1) is 65.7. The number of aryl methyl sites for hydroxylation is 6. The molecule has 12 nitrogen and oxygen atoms in total. The summed E-state index contributed by atoms with van der Waals surface area (Å²) in [5, 5.41) is 146. The van der Waals surface area contributed by atoms with Crippen LogP contribution in [-0.4, -0.2) is 61.3 Å². The maximum atomic E-state index is 12.5. The second kappa shape index (κ2) is 52.4. The summed E-state index contributed by atoms with van der Waals surface area (Å²) in [6.45, 7) is 54.1. The molecule has 12 rings (SSSR count). The van der Waals surface area contributed by atoms with E-state index in [1.54, 1.807) is 0 Å². The number of phenols is 12. The molecule has 6 aromatic carbocycles. The molecular weight excluding hydrogens is 1710 g/mol. The van der Waals surface area contributed by atoms with Gasteiger partial charge in [0.15, 0.2) is 0 Å². The summed E-state index contributed by atoms with van der Waals surface area (Å²) in [5.41, 5.74) is 13.6. The van der Waals surface area contributed by atoms with Crippen molar-refractivity contribution in [3.8, 4) is 102 Å². The summed E-state index contributed by atoms with van der Waals surface area (Å²) in [5.74, 6) is 10.4. The Hall–Kier alpha value is -7.08. The molecule has 6 aliphatic rings. The maximum Gasteiger partial charge on any atom is 0.131 e. The van der Waals surface area contributed by atoms with Crippen molar-refractivity contribution in [2.24, 2.45) is 107 Å². The Labute approximate surface area is 839 Å². The van der Waals surface area contributed by atoms with Gasteiger partial charge in [-0.3, -0.25) is 0 Å². The van der Waals surface area contributed by atoms with Crippen LogP contribution in [0.25, 0.3) is 33.4 Å². The Bertz CT molecular complexity index is 4060. The van der Waals surface area contributed by atoms with Gasteiger partial charge in [-0.1, -0.05) is 282 Å². The summed E-state index contributed by atoms with van der Waals surface area (Å²) < 4.78 is 0. The molecule has 0 saturated heterocycles. The van der Waals surface area contributed by atoms with Gasteiger partial charge in [-0.25, -0.2) is 0 Å². The highest BCUT2D eigenvalue weighted by Gasteiger charge is 2.46. The van der Waals surface area contributed by atoms with E-state index in [-0.39, 0.29) is 105 Å². The smallest absolute Gasteiger partial charge is 0.131 e. The van der Waals surface area contributed by atoms with Crippen molar-refractivity contribution in [1.29, 1.82) is 0 Å². The SMILES string of the molecule is CCCCCc1cc(O)c([C@@H]2C[C@@H](C)CC[C@H]2C(C)C)c(O)c1-c1c(CCCCC)cc(O)c([C@@H]2C[C@@H](C)CC[C@H]2C(C)C)c1O.CCCCCc1cc(O)c([C@@H]2C[C@H](C)CC[C@H]2C(C)C)c(O)c1-c1c(CCCCC)cc(O)c([C@@H]2C[C@@H](C)CC[C@H]2C(C)C)c1O.CCCCCc1cc(O)c([C@@H]2C[C@H](C)CC[C@H]2C(C)C)c(O)c1-c1c(CCCCC)cc(O)c([C@@H]2C[C@H](C)CC[C@H]2C(C)C)c1O. The van der Waals surface area contributed by atoms with Gasteiger partial charge in [-0.15, -0.1) is 0 Å². The highest BCUT2D eigenvalue weighted by atomic mass is 16.3. The van der Waals surface area contributed by atoms with E-state index in [0.717, 1.165) is 265 Å². The van der Waals surface area contributed by atoms with Crippen LogP contribution in [0.15, 0.2) is 36.4 Å². The summed E-state index contributed by atoms with van der Waals surface area (Å²) in [6.07, 6.45) is 42.0. The van der Waals surface area contributed by atoms with Gasteiger partial charge in [0.1, 0.15) is 69.0 Å². The molecule has 0 aromatic heterocycles. The van der Waals surface area contributed by atoms with Crippen molar-refractivity contribution < 1.29 is 61.3 Å². The van der Waals surface area contributed by atoms with Crippen LogP contribution in [0.4, 0.5) is 0 Å². The maximum absolute atomic E-state index is 12.5. The van der Waals surface area contributed by atoms with Crippen LogP contribution >= 0.6 is 0 Å². The molecule has 18 atom stereocenters. The second-order valence-electron chi connectivity index (χ2n) is 48.5. The standard InChI is InChI=1S/3C42H66O4/c3*1-9-11-13-15-29-23-35(43)39(33-21-27(7)17-19-31(33)25(3)4)41(45)37(29)38-30(16-14-12-10-2)24-36(44)40(42(38)46)34-22-28(8)18-20-32(34)26(5)6/h3*23-28,31-34,43-46H,9-22H2,1-8H3/t27-,28+,31-,32-,33+,34+;27-,28-,31+,32+,33-,34-;27-,28-,31-,32-,33+,34+/m010/s1. The first-order valence-corrected chi connectivity index (χ1v) is 57.2. The number of aromatic hydroxyl groups is 12. The lowest BCUT2D eigenvalue weighted by atomic mass is 9.66. The quantitative estimate of drug-likeness (QED) is 0.0161. The minimum absolute atomic E-state index is 0.0546. The van der Waals surface area contributed by atoms with Crippen molar-refractivity contribution in [3.63, 3.8) is 0 Å². The molecule has 0 spiro atoms. The molecule has 6 aromatic rings. The first-order valence-electron chi connectivity index (χ1n) is 57.2. The molecule has 774 valence electrons. The molecule has 6 aliphatic carbocycles. The topological polar surface area (TPSA) is 243 Å². The summed E-state index contributed by atoms with van der Waals surface area (Å²) in [7, 11) is 0. The Morgan fingerprint density at radius 1 is 0.196 bits per heavy atom. The van der Waals surface area contributed by atoms with Crippen LogP contribution in [-0.2, 0) is 38.5 Å². The average molecular weight is 1900 g/mol. The zero-order valence-corrected chi connectivity index (χ0v) is 91.4. The van der Waals surface area contributed by atoms with Gasteiger partial charge in [-0.05, 0) is 366 Å². The Morgan fingerprint density at radius 3 is 0.428 bits per heavy atom. The van der Waals surface area contributed by atoms with Crippen LogP contribution in [0.2, 0.25) is 0 Å². The third-order valence-electron chi connectivity index (χ3n) is 35.8. The molecule has 0 heterocycles. The Morgan fingerprint density at radius 2 is 0.319 bits per heavy atom. The molecule has 12 N–H and O–H groups in total. The predicted molar refractivity (Wildman–Crippen MR) is 579 cm³/mol. The summed E-state index contributed by atoms with van der Waals surface area (Å²) in [6, 6.07) is 11.5. The van der Waals surface area contributed by atoms with Crippen molar-refractivity contribution in [2.45, 2.75) is 471 Å². The summed E-state index contributed by atoms with van der Waals surface area (Å²) in [4.78, 5) is 0. The Balaban J connectivity index is 0.000000214. The minimum Gasteiger partial charge on any atom is -0.508 e. The number of benzene rings is 6. The van der Waals surface area contributed by atoms with Crippen molar-refractivity contribution in [2.75, 3.05) is 0 Å². The number of phenolic OH excluding ortho intramolecular Hbond substituents is 12. The predicted octanol–water partition coefficient (Wildman–Crippen LogP) is 36.0. The van der Waals surface area contributed by atoms with Gasteiger partial charge in [0.05, 0.1) is 0 Å². The highest BCUT2D eigenvalue weighted by molar-refractivity contribution is 5.89. The number of hydrogen-bond donors (Lipinski definition) is 12. The molecule has 138 heavy (non-hydrogen) atoms. The van der Waals surface area contributed by atoms with Crippen LogP contribution < -0.4 is 0 Å². The minimum atomic E-state index is 0.0546. The van der Waals surface area contributed by atoms with Gasteiger partial charge in [0.2, 0.25) is 0 Å². The number of rotatable bonds is 39. The Kier molecular flexibility index (Phi) is 42.9.